The van der Waals surface area contributed by atoms with Crippen LogP contribution in [-0.2, 0) is 4.79 Å². The third-order valence-electron chi connectivity index (χ3n) is 5.70. The van der Waals surface area contributed by atoms with Crippen LogP contribution in [-0.4, -0.2) is 19.0 Å². The Labute approximate surface area is 114 Å². The highest BCUT2D eigenvalue weighted by molar-refractivity contribution is 5.79. The summed E-state index contributed by atoms with van der Waals surface area (Å²) in [5, 5.41) is 11.3. The molecule has 4 bridgehead atoms. The Balaban J connectivity index is 1.73. The molecule has 1 atom stereocenters. The van der Waals surface area contributed by atoms with Crippen molar-refractivity contribution in [2.75, 3.05) is 13.1 Å². The molecule has 0 spiro atoms. The number of nitrogens with two attached hydrogens (primary N) is 1. The van der Waals surface area contributed by atoms with Gasteiger partial charge in [0.1, 0.15) is 6.54 Å². The Morgan fingerprint density at radius 2 is 1.79 bits per heavy atom. The summed E-state index contributed by atoms with van der Waals surface area (Å²) in [6.45, 7) is 0.521. The number of nitriles is 1. The number of hydrogen-bond donors (Lipinski definition) is 2. The molecule has 0 aromatic heterocycles. The highest BCUT2D eigenvalue weighted by atomic mass is 16.1. The predicted molar refractivity (Wildman–Crippen MR) is 71.7 cm³/mol. The first-order valence-electron chi connectivity index (χ1n) is 7.57. The monoisotopic (exact) mass is 261 g/mol. The van der Waals surface area contributed by atoms with Gasteiger partial charge in [-0.05, 0) is 61.7 Å². The fourth-order valence-electron chi connectivity index (χ4n) is 5.32. The molecular formula is C15H23N3O. The van der Waals surface area contributed by atoms with Crippen LogP contribution in [0.5, 0.6) is 0 Å². The van der Waals surface area contributed by atoms with Crippen molar-refractivity contribution in [3.8, 4) is 6.07 Å². The van der Waals surface area contributed by atoms with Gasteiger partial charge in [0.15, 0.2) is 0 Å². The Bertz CT molecular complexity index is 373. The SMILES string of the molecule is N#CCNC(=O)C(CN)C1C2CC3CC(C2)CC1C3. The number of amides is 1. The number of nitrogens with zero attached hydrogens (tertiary/aromatic N) is 1. The van der Waals surface area contributed by atoms with Crippen LogP contribution in [0.1, 0.15) is 32.1 Å². The third kappa shape index (κ3) is 2.25. The van der Waals surface area contributed by atoms with Crippen LogP contribution in [0.25, 0.3) is 0 Å². The lowest BCUT2D eigenvalue weighted by Crippen LogP contribution is -2.52. The van der Waals surface area contributed by atoms with Crippen LogP contribution in [0, 0.1) is 46.8 Å². The highest BCUT2D eigenvalue weighted by Gasteiger charge is 2.51. The van der Waals surface area contributed by atoms with Crippen molar-refractivity contribution in [3.63, 3.8) is 0 Å². The second-order valence-electron chi connectivity index (χ2n) is 6.73. The predicted octanol–water partition coefficient (Wildman–Crippen LogP) is 1.27. The van der Waals surface area contributed by atoms with E-state index in [0.29, 0.717) is 24.3 Å². The molecule has 4 aliphatic rings. The zero-order chi connectivity index (χ0) is 13.4. The summed E-state index contributed by atoms with van der Waals surface area (Å²) in [6.07, 6.45) is 6.65. The second-order valence-corrected chi connectivity index (χ2v) is 6.73. The summed E-state index contributed by atoms with van der Waals surface area (Å²) in [7, 11) is 0. The van der Waals surface area contributed by atoms with Gasteiger partial charge < -0.3 is 11.1 Å². The molecule has 0 aliphatic heterocycles. The maximum absolute atomic E-state index is 12.2. The molecule has 4 aliphatic carbocycles. The Morgan fingerprint density at radius 1 is 1.21 bits per heavy atom. The second kappa shape index (κ2) is 5.13. The van der Waals surface area contributed by atoms with Gasteiger partial charge in [-0.25, -0.2) is 0 Å². The van der Waals surface area contributed by atoms with Crippen molar-refractivity contribution in [2.24, 2.45) is 41.2 Å². The molecule has 4 rings (SSSR count). The van der Waals surface area contributed by atoms with Gasteiger partial charge in [0.2, 0.25) is 5.91 Å². The summed E-state index contributed by atoms with van der Waals surface area (Å²) in [4.78, 5) is 12.2. The van der Waals surface area contributed by atoms with E-state index in [9.17, 15) is 4.79 Å². The van der Waals surface area contributed by atoms with Gasteiger partial charge in [-0.1, -0.05) is 0 Å². The van der Waals surface area contributed by atoms with Gasteiger partial charge in [0.05, 0.1) is 12.0 Å². The van der Waals surface area contributed by atoms with Crippen molar-refractivity contribution in [3.05, 3.63) is 0 Å². The molecule has 4 saturated carbocycles. The lowest BCUT2D eigenvalue weighted by Gasteiger charge is -2.56. The van der Waals surface area contributed by atoms with Crippen molar-refractivity contribution in [2.45, 2.75) is 32.1 Å². The molecule has 3 N–H and O–H groups in total. The quantitative estimate of drug-likeness (QED) is 0.748. The number of nitrogens with one attached hydrogen (secondary N) is 1. The summed E-state index contributed by atoms with van der Waals surface area (Å²) in [5.41, 5.74) is 5.88. The minimum absolute atomic E-state index is 0.00141. The van der Waals surface area contributed by atoms with Gasteiger partial charge in [-0.15, -0.1) is 0 Å². The molecule has 0 aromatic carbocycles. The van der Waals surface area contributed by atoms with E-state index < -0.39 is 0 Å². The van der Waals surface area contributed by atoms with Crippen LogP contribution in [0.2, 0.25) is 0 Å². The first kappa shape index (κ1) is 12.9. The van der Waals surface area contributed by atoms with E-state index in [1.807, 2.05) is 6.07 Å². The maximum Gasteiger partial charge on any atom is 0.225 e. The van der Waals surface area contributed by atoms with E-state index in [-0.39, 0.29) is 18.4 Å². The minimum Gasteiger partial charge on any atom is -0.343 e. The lowest BCUT2D eigenvalue weighted by molar-refractivity contribution is -0.133. The molecular weight excluding hydrogens is 238 g/mol. The van der Waals surface area contributed by atoms with E-state index in [1.165, 1.54) is 32.1 Å². The van der Waals surface area contributed by atoms with Crippen molar-refractivity contribution in [1.82, 2.24) is 5.32 Å². The van der Waals surface area contributed by atoms with Crippen LogP contribution in [0.4, 0.5) is 0 Å². The average molecular weight is 261 g/mol. The van der Waals surface area contributed by atoms with Crippen molar-refractivity contribution >= 4 is 5.91 Å². The zero-order valence-corrected chi connectivity index (χ0v) is 11.3. The number of carbonyl (C=O) groups excluding carboxylic acids is 1. The first-order chi connectivity index (χ1) is 9.22. The maximum atomic E-state index is 12.2. The number of hydrogen-bond acceptors (Lipinski definition) is 3. The lowest BCUT2D eigenvalue weighted by atomic mass is 9.49. The molecule has 1 unspecified atom stereocenters. The molecule has 0 aromatic rings. The molecule has 104 valence electrons. The zero-order valence-electron chi connectivity index (χ0n) is 11.3. The van der Waals surface area contributed by atoms with Gasteiger partial charge in [0.25, 0.3) is 0 Å². The molecule has 0 radical (unpaired) electrons. The van der Waals surface area contributed by atoms with Gasteiger partial charge in [0, 0.05) is 6.54 Å². The minimum atomic E-state index is -0.0802. The molecule has 4 fully saturated rings. The molecule has 4 nitrogen and oxygen atoms in total. The van der Waals surface area contributed by atoms with Gasteiger partial charge >= 0.3 is 0 Å². The fraction of sp³-hybridized carbons (Fsp3) is 0.867. The largest absolute Gasteiger partial charge is 0.343 e. The van der Waals surface area contributed by atoms with E-state index in [1.54, 1.807) is 0 Å². The topological polar surface area (TPSA) is 78.9 Å². The van der Waals surface area contributed by atoms with E-state index in [0.717, 1.165) is 11.8 Å². The summed E-state index contributed by atoms with van der Waals surface area (Å²) < 4.78 is 0. The number of rotatable bonds is 4. The van der Waals surface area contributed by atoms with E-state index in [2.05, 4.69) is 5.32 Å². The Morgan fingerprint density at radius 3 is 2.26 bits per heavy atom. The van der Waals surface area contributed by atoms with Crippen LogP contribution in [0.15, 0.2) is 0 Å². The van der Waals surface area contributed by atoms with E-state index >= 15 is 0 Å². The summed E-state index contributed by atoms with van der Waals surface area (Å²) in [6, 6.07) is 1.97. The fourth-order valence-corrected chi connectivity index (χ4v) is 5.32. The van der Waals surface area contributed by atoms with Crippen LogP contribution < -0.4 is 11.1 Å². The van der Waals surface area contributed by atoms with Gasteiger partial charge in [-0.3, -0.25) is 4.79 Å². The Hall–Kier alpha value is -1.08. The molecule has 0 saturated heterocycles. The first-order valence-corrected chi connectivity index (χ1v) is 7.57. The van der Waals surface area contributed by atoms with Crippen LogP contribution in [0.3, 0.4) is 0 Å². The summed E-state index contributed by atoms with van der Waals surface area (Å²) >= 11 is 0. The van der Waals surface area contributed by atoms with Crippen molar-refractivity contribution in [1.29, 1.82) is 5.26 Å². The summed E-state index contributed by atoms with van der Waals surface area (Å²) in [5.74, 6) is 3.63. The Kier molecular flexibility index (Phi) is 3.49. The molecule has 19 heavy (non-hydrogen) atoms. The number of carbonyl (C=O) groups is 1. The van der Waals surface area contributed by atoms with E-state index in [4.69, 9.17) is 11.0 Å². The molecule has 4 heteroatoms. The standard InChI is InChI=1S/C15H23N3O/c16-1-2-18-15(19)13(8-17)14-11-4-9-3-10(6-11)7-12(14)5-9/h9-14H,2-8,17H2,(H,18,19). The van der Waals surface area contributed by atoms with Crippen LogP contribution >= 0.6 is 0 Å². The average Bonchev–Trinajstić information content (AvgIpc) is 2.39. The van der Waals surface area contributed by atoms with Crippen molar-refractivity contribution < 1.29 is 4.79 Å². The third-order valence-corrected chi connectivity index (χ3v) is 5.70. The van der Waals surface area contributed by atoms with Gasteiger partial charge in [-0.2, -0.15) is 5.26 Å². The molecule has 0 heterocycles. The highest BCUT2D eigenvalue weighted by Crippen LogP contribution is 2.58. The smallest absolute Gasteiger partial charge is 0.225 e. The molecule has 1 amide bonds. The normalized spacial score (nSPS) is 40.7.